The zero-order valence-electron chi connectivity index (χ0n) is 57.6. The van der Waals surface area contributed by atoms with Gasteiger partial charge in [0, 0.05) is 119 Å². The lowest BCUT2D eigenvalue weighted by Crippen LogP contribution is -2.15. The summed E-state index contributed by atoms with van der Waals surface area (Å²) in [7, 11) is 2.04. The van der Waals surface area contributed by atoms with Crippen molar-refractivity contribution in [1.82, 2.24) is 43.6 Å². The number of nitrogens with zero attached hydrogens (tertiary/aromatic N) is 8. The first-order chi connectivity index (χ1) is 48.6. The number of carbonyl (C=O) groups is 2. The minimum absolute atomic E-state index is 0.0729. The average Bonchev–Trinajstić information content (AvgIpc) is 1.61. The summed E-state index contributed by atoms with van der Waals surface area (Å²) in [4.78, 5) is 47.6. The van der Waals surface area contributed by atoms with Crippen LogP contribution in [0.2, 0.25) is 0 Å². The number of imidazole rings is 3. The van der Waals surface area contributed by atoms with Crippen molar-refractivity contribution in [3.63, 3.8) is 0 Å². The van der Waals surface area contributed by atoms with Crippen molar-refractivity contribution in [2.75, 3.05) is 5.32 Å². The van der Waals surface area contributed by atoms with Crippen molar-refractivity contribution in [2.45, 2.75) is 94.7 Å². The van der Waals surface area contributed by atoms with Crippen molar-refractivity contribution in [1.29, 1.82) is 0 Å². The van der Waals surface area contributed by atoms with E-state index in [1.54, 1.807) is 65.4 Å². The number of hydrogen-bond donors (Lipinski definition) is 4. The van der Waals surface area contributed by atoms with E-state index in [-0.39, 0.29) is 17.1 Å². The Morgan fingerprint density at radius 3 is 2.15 bits per heavy atom. The number of phenolic OH excluding ortho intramolecular Hbond substituents is 1. The molecule has 20 rings (SSSR count). The summed E-state index contributed by atoms with van der Waals surface area (Å²) in [6.45, 7) is 24.3. The molecule has 0 bridgehead atoms. The predicted octanol–water partition coefficient (Wildman–Crippen LogP) is 22.0. The Labute approximate surface area is 594 Å². The molecule has 17 nitrogen and oxygen atoms in total. The summed E-state index contributed by atoms with van der Waals surface area (Å²) in [5.74, 6) is 2.76. The van der Waals surface area contributed by atoms with E-state index in [0.29, 0.717) is 33.7 Å². The number of aromatic carboxylic acids is 1. The van der Waals surface area contributed by atoms with E-state index in [0.717, 1.165) is 96.2 Å². The van der Waals surface area contributed by atoms with Crippen LogP contribution in [0, 0.1) is 34.6 Å². The van der Waals surface area contributed by atoms with Gasteiger partial charge in [0.25, 0.3) is 0 Å². The van der Waals surface area contributed by atoms with Gasteiger partial charge in [-0.25, -0.2) is 29.7 Å². The summed E-state index contributed by atoms with van der Waals surface area (Å²) in [5, 5.41) is 33.7. The lowest BCUT2D eigenvalue weighted by molar-refractivity contribution is -0.114. The van der Waals surface area contributed by atoms with Crippen molar-refractivity contribution in [2.24, 2.45) is 7.05 Å². The highest BCUT2D eigenvalue weighted by Crippen LogP contribution is 2.46. The number of carboxylic acids is 1. The number of oxazole rings is 1. The van der Waals surface area contributed by atoms with E-state index >= 15 is 0 Å². The van der Waals surface area contributed by atoms with Gasteiger partial charge in [-0.2, -0.15) is 0 Å². The van der Waals surface area contributed by atoms with Crippen molar-refractivity contribution in [3.05, 3.63) is 202 Å². The highest BCUT2D eigenvalue weighted by molar-refractivity contribution is 7.27. The molecule has 0 aliphatic heterocycles. The van der Waals surface area contributed by atoms with Crippen molar-refractivity contribution >= 4 is 207 Å². The number of H-pyrrole nitrogens is 1. The minimum Gasteiger partial charge on any atom is -0.508 e. The van der Waals surface area contributed by atoms with E-state index in [9.17, 15) is 14.7 Å². The number of allylic oxidation sites excluding steroid dienone is 1. The number of nitrogens with one attached hydrogen (secondary N) is 2. The van der Waals surface area contributed by atoms with Gasteiger partial charge in [0.1, 0.15) is 45.4 Å². The number of rotatable bonds is 4. The van der Waals surface area contributed by atoms with Crippen molar-refractivity contribution < 1.29 is 33.1 Å². The number of furan rings is 2. The number of carboxylic acid groups (broad SMARTS) is 1. The molecule has 11 aromatic heterocycles. The highest BCUT2D eigenvalue weighted by atomic mass is 32.1. The topological polar surface area (TPSA) is 221 Å². The molecule has 0 unspecified atom stereocenters. The van der Waals surface area contributed by atoms with Gasteiger partial charge in [-0.1, -0.05) is 61.9 Å². The predicted molar refractivity (Wildman–Crippen MR) is 417 cm³/mol. The third-order valence-corrected chi connectivity index (χ3v) is 23.0. The van der Waals surface area contributed by atoms with Crippen LogP contribution in [-0.2, 0) is 30.3 Å². The zero-order chi connectivity index (χ0) is 70.4. The van der Waals surface area contributed by atoms with E-state index in [1.165, 1.54) is 90.3 Å². The number of aryl methyl sites for hydroxylation is 8. The molecule has 0 saturated carbocycles. The van der Waals surface area contributed by atoms with E-state index < -0.39 is 5.97 Å². The third kappa shape index (κ3) is 12.1. The number of thiophene rings is 3. The molecular weight excluding hydrogens is 1340 g/mol. The van der Waals surface area contributed by atoms with Gasteiger partial charge in [-0.15, -0.1) is 45.3 Å². The second-order valence-corrected chi connectivity index (χ2v) is 30.0. The molecule has 11 heterocycles. The number of anilines is 1. The largest absolute Gasteiger partial charge is 0.508 e. The lowest BCUT2D eigenvalue weighted by atomic mass is 9.81. The number of amides is 1. The maximum absolute atomic E-state index is 11.2. The molecule has 21 heteroatoms. The number of carbonyl (C=O) groups excluding carboxylic acids is 1. The van der Waals surface area contributed by atoms with Crippen LogP contribution >= 0.6 is 45.3 Å². The molecular formula is C80H70N10O7S4. The van der Waals surface area contributed by atoms with E-state index in [2.05, 4.69) is 189 Å². The Hall–Kier alpha value is -11.0. The number of aromatic hydroxyl groups is 1. The number of fused-ring (bicyclic) bond motifs is 18. The van der Waals surface area contributed by atoms with Crippen LogP contribution in [0.5, 0.6) is 5.75 Å². The molecule has 506 valence electrons. The quantitative estimate of drug-likeness (QED) is 0.129. The summed E-state index contributed by atoms with van der Waals surface area (Å²) >= 11 is 7.16. The number of aromatic amines is 1. The number of benzene rings is 8. The summed E-state index contributed by atoms with van der Waals surface area (Å²) in [6.07, 6.45) is 5.85. The van der Waals surface area contributed by atoms with Gasteiger partial charge in [-0.05, 0) is 156 Å². The summed E-state index contributed by atoms with van der Waals surface area (Å²) < 4.78 is 30.4. The fourth-order valence-corrected chi connectivity index (χ4v) is 17.6. The highest BCUT2D eigenvalue weighted by Gasteiger charge is 2.33. The second-order valence-electron chi connectivity index (χ2n) is 25.7. The van der Waals surface area contributed by atoms with Crippen LogP contribution in [-0.4, -0.2) is 65.7 Å². The number of phenols is 1. The van der Waals surface area contributed by atoms with Crippen LogP contribution in [0.4, 0.5) is 5.69 Å². The Morgan fingerprint density at radius 2 is 1.35 bits per heavy atom. The summed E-state index contributed by atoms with van der Waals surface area (Å²) in [6, 6.07) is 44.8. The van der Waals surface area contributed by atoms with Crippen LogP contribution < -0.4 is 5.32 Å². The summed E-state index contributed by atoms with van der Waals surface area (Å²) in [5.41, 5.74) is 16.5. The van der Waals surface area contributed by atoms with Crippen LogP contribution in [0.25, 0.3) is 144 Å². The molecule has 8 aromatic carbocycles. The van der Waals surface area contributed by atoms with Crippen LogP contribution in [0.15, 0.2) is 170 Å². The maximum Gasteiger partial charge on any atom is 0.371 e. The van der Waals surface area contributed by atoms with Gasteiger partial charge in [0.2, 0.25) is 11.7 Å². The minimum atomic E-state index is -1.09. The van der Waals surface area contributed by atoms with Gasteiger partial charge >= 0.3 is 5.97 Å². The Balaban J connectivity index is 0.0000000987. The fraction of sp³-hybridized carbons (Fsp3) is 0.188. The van der Waals surface area contributed by atoms with Crippen LogP contribution in [0.1, 0.15) is 91.6 Å². The molecule has 0 atom stereocenters. The molecule has 4 N–H and O–H groups in total. The SMILES string of the molecule is CC1=Cc2ccc3ccoc3c2C1(C)C.CCn1c(C)nc2c3sc4ccccc4c3ccc21.CCn1c(C)nc2cc3c(NC(C)=O)c[nH]c3cc21.Cc1nc2cc3c(cc2n1C)sc1ccc(O)cc13.Cc1nc2cc3cc(C(=O)O)oc3cc2o1.Cc1nc2cc3ccsc3cc2s1. The number of aromatic nitrogens is 9. The Morgan fingerprint density at radius 1 is 0.604 bits per heavy atom. The van der Waals surface area contributed by atoms with Gasteiger partial charge in [0.15, 0.2) is 11.5 Å². The standard InChI is InChI=1S/C16H14N2S.C15H12N2OS.C14H16N4O.C14H14O.C11H7NO4.C10H7NS2/c1-3-18-10(2)17-15-13(18)9-8-12-11-6-4-5-7-14(11)19-16(12)15;1-8-16-12-6-11-10-5-9(18)3-4-14(10)19-15(11)7-13(12)17(8)2;1-4-18-8(2)16-12-5-10-11(6-14(12)18)15-7-13(10)17-9(3)19;1-9-8-11-5-4-10-6-7-15-13(10)12(11)14(9,2)3;1-5-12-7-2-6-3-10(11(13)14)16-8(6)4-9(7)15-5;1-6-11-8-4-7-2-3-12-9(7)5-10(8)13-6/h4-9H,3H2,1-2H3;3-7,18H,1-2H3;5-7,15H,4H2,1-3H3,(H,17,19);4-8H,1-3H3;2-4H,1H3,(H,13,14);2-5H,1H3. The molecule has 0 spiro atoms. The first kappa shape index (κ1) is 65.9. The van der Waals surface area contributed by atoms with Crippen LogP contribution in [0.3, 0.4) is 0 Å². The normalized spacial score (nSPS) is 12.5. The molecule has 1 aliphatic rings. The van der Waals surface area contributed by atoms with Gasteiger partial charge in [-0.3, -0.25) is 4.79 Å². The van der Waals surface area contributed by atoms with E-state index in [1.807, 2.05) is 62.7 Å². The third-order valence-electron chi connectivity index (χ3n) is 18.9. The molecule has 0 fully saturated rings. The van der Waals surface area contributed by atoms with Gasteiger partial charge < -0.3 is 47.5 Å². The van der Waals surface area contributed by atoms with Gasteiger partial charge in [0.05, 0.1) is 59.5 Å². The van der Waals surface area contributed by atoms with E-state index in [4.69, 9.17) is 23.3 Å². The Bertz CT molecular complexity index is 6430. The monoisotopic (exact) mass is 1410 g/mol. The molecule has 0 saturated heterocycles. The molecule has 101 heavy (non-hydrogen) atoms. The maximum atomic E-state index is 11.2. The fourth-order valence-electron chi connectivity index (χ4n) is 13.6. The molecule has 0 radical (unpaired) electrons. The first-order valence-corrected chi connectivity index (χ1v) is 36.4. The molecule has 1 amide bonds. The lowest BCUT2D eigenvalue weighted by Gasteiger charge is -2.22. The zero-order valence-corrected chi connectivity index (χ0v) is 60.8. The number of hydrogen-bond acceptors (Lipinski definition) is 15. The number of thiazole rings is 1. The molecule has 19 aromatic rings. The van der Waals surface area contributed by atoms with Crippen molar-refractivity contribution in [3.8, 4) is 5.75 Å². The Kier molecular flexibility index (Phi) is 16.9. The smallest absolute Gasteiger partial charge is 0.371 e. The average molecular weight is 1410 g/mol. The first-order valence-electron chi connectivity index (χ1n) is 33.1. The second kappa shape index (κ2) is 26.0. The molecule has 1 aliphatic carbocycles.